The number of hydrogen-bond acceptors (Lipinski definition) is 4. The fraction of sp³-hybridized carbons (Fsp3) is 0.450. The summed E-state index contributed by atoms with van der Waals surface area (Å²) in [6, 6.07) is 12.9. The molecule has 2 aromatic rings. The summed E-state index contributed by atoms with van der Waals surface area (Å²) in [7, 11) is 1.72. The fourth-order valence-corrected chi connectivity index (χ4v) is 3.31. The molecule has 1 aliphatic heterocycles. The highest BCUT2D eigenvalue weighted by Crippen LogP contribution is 2.30. The minimum Gasteiger partial charge on any atom is -0.497 e. The van der Waals surface area contributed by atoms with E-state index in [0.29, 0.717) is 0 Å². The van der Waals surface area contributed by atoms with Crippen LogP contribution in [0.15, 0.2) is 42.6 Å². The molecule has 1 aromatic heterocycles. The zero-order valence-electron chi connectivity index (χ0n) is 14.7. The number of nitrogens with zero attached hydrogens (tertiary/aromatic N) is 2. The summed E-state index contributed by atoms with van der Waals surface area (Å²) >= 11 is 0. The predicted molar refractivity (Wildman–Crippen MR) is 97.5 cm³/mol. The Labute approximate surface area is 144 Å². The van der Waals surface area contributed by atoms with E-state index in [-0.39, 0.29) is 6.04 Å². The van der Waals surface area contributed by atoms with Gasteiger partial charge in [-0.25, -0.2) is 0 Å². The molecule has 1 fully saturated rings. The number of aromatic nitrogens is 1. The van der Waals surface area contributed by atoms with Crippen LogP contribution < -0.4 is 10.1 Å². The van der Waals surface area contributed by atoms with Gasteiger partial charge in [-0.3, -0.25) is 9.88 Å². The lowest BCUT2D eigenvalue weighted by molar-refractivity contribution is 0.237. The summed E-state index contributed by atoms with van der Waals surface area (Å²) in [5.41, 5.74) is 3.64. The summed E-state index contributed by atoms with van der Waals surface area (Å²) in [5, 5.41) is 3.49. The quantitative estimate of drug-likeness (QED) is 0.917. The van der Waals surface area contributed by atoms with Crippen molar-refractivity contribution < 1.29 is 4.74 Å². The molecule has 0 saturated carbocycles. The molecule has 1 unspecified atom stereocenters. The lowest BCUT2D eigenvalue weighted by Crippen LogP contribution is -2.33. The second-order valence-electron chi connectivity index (χ2n) is 6.26. The number of pyridine rings is 1. The van der Waals surface area contributed by atoms with Crippen LogP contribution in [-0.4, -0.2) is 43.2 Å². The minimum atomic E-state index is 0.172. The summed E-state index contributed by atoms with van der Waals surface area (Å²) in [6.45, 7) is 6.37. The highest BCUT2D eigenvalue weighted by atomic mass is 16.5. The second kappa shape index (κ2) is 8.27. The highest BCUT2D eigenvalue weighted by molar-refractivity contribution is 5.35. The van der Waals surface area contributed by atoms with Gasteiger partial charge in [-0.2, -0.15) is 0 Å². The molecular formula is C20H27N3O. The number of ether oxygens (including phenoxy) is 1. The molecule has 1 aliphatic rings. The first-order valence-electron chi connectivity index (χ1n) is 8.85. The zero-order valence-corrected chi connectivity index (χ0v) is 14.7. The van der Waals surface area contributed by atoms with Crippen molar-refractivity contribution in [2.45, 2.75) is 25.8 Å². The molecular weight excluding hydrogens is 298 g/mol. The molecule has 1 atom stereocenters. The van der Waals surface area contributed by atoms with Crippen molar-refractivity contribution in [2.75, 3.05) is 33.3 Å². The molecule has 2 heterocycles. The number of benzene rings is 1. The number of rotatable bonds is 5. The normalized spacial score (nSPS) is 17.2. The molecule has 1 saturated heterocycles. The molecule has 0 bridgehead atoms. The first-order valence-corrected chi connectivity index (χ1v) is 8.85. The maximum atomic E-state index is 5.44. The average molecular weight is 325 g/mol. The maximum absolute atomic E-state index is 5.44. The summed E-state index contributed by atoms with van der Waals surface area (Å²) in [4.78, 5) is 7.32. The predicted octanol–water partition coefficient (Wildman–Crippen LogP) is 3.04. The third-order valence-electron chi connectivity index (χ3n) is 4.69. The third kappa shape index (κ3) is 3.94. The van der Waals surface area contributed by atoms with E-state index in [4.69, 9.17) is 9.72 Å². The van der Waals surface area contributed by atoms with E-state index in [1.54, 1.807) is 7.11 Å². The molecule has 4 nitrogen and oxygen atoms in total. The highest BCUT2D eigenvalue weighted by Gasteiger charge is 2.24. The van der Waals surface area contributed by atoms with Crippen molar-refractivity contribution in [2.24, 2.45) is 0 Å². The monoisotopic (exact) mass is 325 g/mol. The van der Waals surface area contributed by atoms with Crippen molar-refractivity contribution in [1.82, 2.24) is 15.2 Å². The Bertz CT molecular complexity index is 634. The van der Waals surface area contributed by atoms with E-state index >= 15 is 0 Å². The minimum absolute atomic E-state index is 0.172. The van der Waals surface area contributed by atoms with E-state index in [0.717, 1.165) is 50.5 Å². The molecule has 24 heavy (non-hydrogen) atoms. The molecule has 1 aromatic carbocycles. The SMILES string of the molecule is CCc1ccc(C(c2cccc(OC)c2)N2CCCNCC2)nc1. The van der Waals surface area contributed by atoms with E-state index < -0.39 is 0 Å². The van der Waals surface area contributed by atoms with Gasteiger partial charge in [0.15, 0.2) is 0 Å². The second-order valence-corrected chi connectivity index (χ2v) is 6.26. The number of methoxy groups -OCH3 is 1. The Morgan fingerprint density at radius 3 is 2.88 bits per heavy atom. The Hall–Kier alpha value is -1.91. The van der Waals surface area contributed by atoms with Gasteiger partial charge in [0.25, 0.3) is 0 Å². The van der Waals surface area contributed by atoms with Crippen molar-refractivity contribution in [3.8, 4) is 5.75 Å². The Kier molecular flexibility index (Phi) is 5.83. The van der Waals surface area contributed by atoms with Crippen molar-refractivity contribution in [3.05, 3.63) is 59.4 Å². The molecule has 0 spiro atoms. The average Bonchev–Trinajstić information content (AvgIpc) is 2.92. The molecule has 0 aliphatic carbocycles. The summed E-state index contributed by atoms with van der Waals surface area (Å²) < 4.78 is 5.44. The van der Waals surface area contributed by atoms with Crippen LogP contribution in [0.2, 0.25) is 0 Å². The van der Waals surface area contributed by atoms with Gasteiger partial charge >= 0.3 is 0 Å². The summed E-state index contributed by atoms with van der Waals surface area (Å²) in [5.74, 6) is 0.899. The van der Waals surface area contributed by atoms with Crippen LogP contribution in [0.3, 0.4) is 0 Å². The van der Waals surface area contributed by atoms with Gasteiger partial charge in [0.05, 0.1) is 18.8 Å². The van der Waals surface area contributed by atoms with E-state index in [2.05, 4.69) is 47.5 Å². The molecule has 1 N–H and O–H groups in total. The number of hydrogen-bond donors (Lipinski definition) is 1. The Morgan fingerprint density at radius 1 is 1.21 bits per heavy atom. The van der Waals surface area contributed by atoms with Gasteiger partial charge in [0.2, 0.25) is 0 Å². The topological polar surface area (TPSA) is 37.4 Å². The zero-order chi connectivity index (χ0) is 16.8. The third-order valence-corrected chi connectivity index (χ3v) is 4.69. The van der Waals surface area contributed by atoms with Crippen LogP contribution >= 0.6 is 0 Å². The standard InChI is InChI=1S/C20H27N3O/c1-3-16-8-9-19(22-15-16)20(23-12-5-10-21-11-13-23)17-6-4-7-18(14-17)24-2/h4,6-9,14-15,20-21H,3,5,10-13H2,1-2H3. The van der Waals surface area contributed by atoms with Gasteiger partial charge in [-0.05, 0) is 48.7 Å². The van der Waals surface area contributed by atoms with Crippen LogP contribution in [0.25, 0.3) is 0 Å². The van der Waals surface area contributed by atoms with Crippen LogP contribution in [-0.2, 0) is 6.42 Å². The van der Waals surface area contributed by atoms with Crippen LogP contribution in [0.1, 0.15) is 36.2 Å². The fourth-order valence-electron chi connectivity index (χ4n) is 3.31. The first-order chi connectivity index (χ1) is 11.8. The van der Waals surface area contributed by atoms with E-state index in [1.807, 2.05) is 12.3 Å². The van der Waals surface area contributed by atoms with E-state index in [1.165, 1.54) is 11.1 Å². The maximum Gasteiger partial charge on any atom is 0.119 e. The smallest absolute Gasteiger partial charge is 0.119 e. The van der Waals surface area contributed by atoms with Crippen LogP contribution in [0, 0.1) is 0 Å². The molecule has 4 heteroatoms. The first kappa shape index (κ1) is 16.9. The number of aryl methyl sites for hydroxylation is 1. The Balaban J connectivity index is 1.97. The van der Waals surface area contributed by atoms with E-state index in [9.17, 15) is 0 Å². The van der Waals surface area contributed by atoms with Crippen LogP contribution in [0.5, 0.6) is 5.75 Å². The number of nitrogens with one attached hydrogen (secondary N) is 1. The van der Waals surface area contributed by atoms with Crippen molar-refractivity contribution >= 4 is 0 Å². The molecule has 3 rings (SSSR count). The lowest BCUT2D eigenvalue weighted by atomic mass is 10.00. The lowest BCUT2D eigenvalue weighted by Gasteiger charge is -2.30. The van der Waals surface area contributed by atoms with Crippen LogP contribution in [0.4, 0.5) is 0 Å². The molecule has 128 valence electrons. The van der Waals surface area contributed by atoms with Gasteiger partial charge in [-0.15, -0.1) is 0 Å². The largest absolute Gasteiger partial charge is 0.497 e. The summed E-state index contributed by atoms with van der Waals surface area (Å²) in [6.07, 6.45) is 4.19. The molecule has 0 radical (unpaired) electrons. The molecule has 0 amide bonds. The van der Waals surface area contributed by atoms with Gasteiger partial charge < -0.3 is 10.1 Å². The van der Waals surface area contributed by atoms with Gasteiger partial charge in [-0.1, -0.05) is 25.1 Å². The van der Waals surface area contributed by atoms with Crippen molar-refractivity contribution in [1.29, 1.82) is 0 Å². The Morgan fingerprint density at radius 2 is 2.12 bits per heavy atom. The van der Waals surface area contributed by atoms with Gasteiger partial charge in [0.1, 0.15) is 5.75 Å². The van der Waals surface area contributed by atoms with Gasteiger partial charge in [0, 0.05) is 25.8 Å². The van der Waals surface area contributed by atoms with Crippen molar-refractivity contribution in [3.63, 3.8) is 0 Å².